The summed E-state index contributed by atoms with van der Waals surface area (Å²) in [4.78, 5) is 4.35. The Hall–Kier alpha value is -1.60. The lowest BCUT2D eigenvalue weighted by Gasteiger charge is -2.16. The van der Waals surface area contributed by atoms with Crippen LogP contribution in [0.15, 0.2) is 12.1 Å². The number of hydrogen-bond acceptors (Lipinski definition) is 4. The van der Waals surface area contributed by atoms with Crippen molar-refractivity contribution in [1.29, 1.82) is 5.26 Å². The van der Waals surface area contributed by atoms with E-state index in [1.807, 2.05) is 13.0 Å². The predicted molar refractivity (Wildman–Crippen MR) is 62.9 cm³/mol. The predicted octanol–water partition coefficient (Wildman–Crippen LogP) is 1.41. The van der Waals surface area contributed by atoms with Crippen LogP contribution in [0, 0.1) is 24.2 Å². The highest BCUT2D eigenvalue weighted by atomic mass is 15.0. The van der Waals surface area contributed by atoms with Gasteiger partial charge in [0.15, 0.2) is 0 Å². The van der Waals surface area contributed by atoms with Crippen LogP contribution in [0.4, 0.5) is 5.82 Å². The van der Waals surface area contributed by atoms with Gasteiger partial charge in [0.2, 0.25) is 0 Å². The second kappa shape index (κ2) is 4.50. The van der Waals surface area contributed by atoms with Crippen LogP contribution in [0.5, 0.6) is 0 Å². The van der Waals surface area contributed by atoms with Gasteiger partial charge in [-0.25, -0.2) is 4.98 Å². The minimum absolute atomic E-state index is 0.319. The number of aryl methyl sites for hydroxylation is 1. The van der Waals surface area contributed by atoms with Crippen molar-refractivity contribution in [3.63, 3.8) is 0 Å². The molecule has 1 aliphatic rings. The Morgan fingerprint density at radius 3 is 2.88 bits per heavy atom. The number of rotatable bonds is 4. The van der Waals surface area contributed by atoms with Gasteiger partial charge in [0.05, 0.1) is 11.3 Å². The summed E-state index contributed by atoms with van der Waals surface area (Å²) in [5, 5.41) is 12.1. The van der Waals surface area contributed by atoms with Gasteiger partial charge in [0, 0.05) is 12.6 Å². The van der Waals surface area contributed by atoms with Gasteiger partial charge in [-0.3, -0.25) is 0 Å². The number of nitrogens with two attached hydrogens (primary N) is 1. The van der Waals surface area contributed by atoms with Crippen molar-refractivity contribution < 1.29 is 0 Å². The lowest BCUT2D eigenvalue weighted by molar-refractivity contribution is 0.642. The molecule has 3 N–H and O–H groups in total. The zero-order valence-electron chi connectivity index (χ0n) is 9.40. The van der Waals surface area contributed by atoms with Crippen LogP contribution in [0.3, 0.4) is 0 Å². The molecule has 1 aliphatic carbocycles. The molecule has 0 saturated heterocycles. The molecule has 0 bridgehead atoms. The van der Waals surface area contributed by atoms with Crippen molar-refractivity contribution in [2.24, 2.45) is 11.7 Å². The van der Waals surface area contributed by atoms with E-state index in [2.05, 4.69) is 16.4 Å². The summed E-state index contributed by atoms with van der Waals surface area (Å²) in [6, 6.07) is 6.07. The number of anilines is 1. The van der Waals surface area contributed by atoms with E-state index in [4.69, 9.17) is 11.0 Å². The molecule has 1 fully saturated rings. The third-order valence-electron chi connectivity index (χ3n) is 2.98. The third kappa shape index (κ3) is 2.31. The van der Waals surface area contributed by atoms with E-state index in [0.717, 1.165) is 11.5 Å². The molecule has 1 aromatic heterocycles. The summed E-state index contributed by atoms with van der Waals surface area (Å²) in [6.07, 6.45) is 2.51. The summed E-state index contributed by atoms with van der Waals surface area (Å²) in [7, 11) is 0. The molecule has 4 nitrogen and oxygen atoms in total. The minimum atomic E-state index is 0.319. The largest absolute Gasteiger partial charge is 0.366 e. The van der Waals surface area contributed by atoms with Gasteiger partial charge in [0.25, 0.3) is 0 Å². The molecule has 0 radical (unpaired) electrons. The number of aromatic nitrogens is 1. The third-order valence-corrected chi connectivity index (χ3v) is 2.98. The van der Waals surface area contributed by atoms with Gasteiger partial charge in [0.1, 0.15) is 11.9 Å². The fourth-order valence-corrected chi connectivity index (χ4v) is 1.82. The molecule has 0 aromatic carbocycles. The average molecular weight is 216 g/mol. The van der Waals surface area contributed by atoms with Gasteiger partial charge in [-0.05, 0) is 37.8 Å². The van der Waals surface area contributed by atoms with Gasteiger partial charge in [-0.2, -0.15) is 5.26 Å². The Balaban J connectivity index is 2.09. The molecular weight excluding hydrogens is 200 g/mol. The molecule has 1 aromatic rings. The maximum atomic E-state index is 8.81. The van der Waals surface area contributed by atoms with Crippen LogP contribution in [-0.4, -0.2) is 17.6 Å². The van der Waals surface area contributed by atoms with E-state index in [9.17, 15) is 0 Å². The molecule has 0 amide bonds. The van der Waals surface area contributed by atoms with Gasteiger partial charge in [-0.1, -0.05) is 0 Å². The number of nitriles is 1. The average Bonchev–Trinajstić information content (AvgIpc) is 3.10. The summed E-state index contributed by atoms with van der Waals surface area (Å²) in [5.41, 5.74) is 7.10. The topological polar surface area (TPSA) is 74.7 Å². The molecule has 1 atom stereocenters. The van der Waals surface area contributed by atoms with E-state index in [1.54, 1.807) is 6.07 Å². The van der Waals surface area contributed by atoms with Crippen molar-refractivity contribution in [2.75, 3.05) is 11.9 Å². The Kier molecular flexibility index (Phi) is 3.07. The van der Waals surface area contributed by atoms with E-state index in [1.165, 1.54) is 12.8 Å². The van der Waals surface area contributed by atoms with E-state index in [-0.39, 0.29) is 0 Å². The van der Waals surface area contributed by atoms with Crippen molar-refractivity contribution in [3.05, 3.63) is 23.4 Å². The molecule has 1 unspecified atom stereocenters. The fraction of sp³-hybridized carbons (Fsp3) is 0.500. The quantitative estimate of drug-likeness (QED) is 0.798. The lowest BCUT2D eigenvalue weighted by Crippen LogP contribution is -2.31. The second-order valence-corrected chi connectivity index (χ2v) is 4.27. The maximum Gasteiger partial charge on any atom is 0.126 e. The molecule has 0 spiro atoms. The molecule has 0 aliphatic heterocycles. The highest BCUT2D eigenvalue weighted by Gasteiger charge is 2.30. The first-order valence-corrected chi connectivity index (χ1v) is 5.59. The Bertz CT molecular complexity index is 418. The number of hydrogen-bond donors (Lipinski definition) is 2. The summed E-state index contributed by atoms with van der Waals surface area (Å²) < 4.78 is 0. The molecule has 1 heterocycles. The van der Waals surface area contributed by atoms with Gasteiger partial charge < -0.3 is 11.1 Å². The molecule has 4 heteroatoms. The zero-order valence-corrected chi connectivity index (χ0v) is 9.40. The molecule has 84 valence electrons. The van der Waals surface area contributed by atoms with Crippen LogP contribution in [-0.2, 0) is 0 Å². The van der Waals surface area contributed by atoms with Crippen LogP contribution in [0.25, 0.3) is 0 Å². The highest BCUT2D eigenvalue weighted by molar-refractivity contribution is 5.43. The van der Waals surface area contributed by atoms with Crippen LogP contribution < -0.4 is 11.1 Å². The maximum absolute atomic E-state index is 8.81. The number of pyridine rings is 1. The van der Waals surface area contributed by atoms with Crippen molar-refractivity contribution in [1.82, 2.24) is 4.98 Å². The summed E-state index contributed by atoms with van der Waals surface area (Å²) >= 11 is 0. The zero-order chi connectivity index (χ0) is 11.5. The Labute approximate surface area is 95.5 Å². The van der Waals surface area contributed by atoms with Gasteiger partial charge >= 0.3 is 0 Å². The van der Waals surface area contributed by atoms with E-state index < -0.39 is 0 Å². The molecular formula is C12H16N4. The van der Waals surface area contributed by atoms with Crippen molar-refractivity contribution in [3.8, 4) is 6.07 Å². The molecule has 2 rings (SSSR count). The summed E-state index contributed by atoms with van der Waals surface area (Å²) in [6.45, 7) is 2.48. The number of nitrogens with one attached hydrogen (secondary N) is 1. The van der Waals surface area contributed by atoms with Crippen LogP contribution in [0.2, 0.25) is 0 Å². The first-order chi connectivity index (χ1) is 7.74. The Morgan fingerprint density at radius 2 is 2.38 bits per heavy atom. The van der Waals surface area contributed by atoms with Crippen LogP contribution in [0.1, 0.15) is 24.1 Å². The lowest BCUT2D eigenvalue weighted by atomic mass is 10.2. The van der Waals surface area contributed by atoms with Crippen molar-refractivity contribution in [2.45, 2.75) is 25.8 Å². The van der Waals surface area contributed by atoms with Crippen molar-refractivity contribution >= 4 is 5.82 Å². The number of nitrogens with zero attached hydrogens (tertiary/aromatic N) is 2. The smallest absolute Gasteiger partial charge is 0.126 e. The van der Waals surface area contributed by atoms with E-state index >= 15 is 0 Å². The normalized spacial score (nSPS) is 16.6. The minimum Gasteiger partial charge on any atom is -0.366 e. The van der Waals surface area contributed by atoms with Crippen LogP contribution >= 0.6 is 0 Å². The SMILES string of the molecule is Cc1nc(NC(CN)C2CC2)ccc1C#N. The second-order valence-electron chi connectivity index (χ2n) is 4.27. The van der Waals surface area contributed by atoms with E-state index in [0.29, 0.717) is 24.1 Å². The first kappa shape index (κ1) is 10.9. The first-order valence-electron chi connectivity index (χ1n) is 5.59. The highest BCUT2D eigenvalue weighted by Crippen LogP contribution is 2.33. The molecule has 16 heavy (non-hydrogen) atoms. The standard InChI is InChI=1S/C12H16N4/c1-8-10(6-13)4-5-12(15-8)16-11(7-14)9-2-3-9/h4-5,9,11H,2-3,7,14H2,1H3,(H,15,16). The monoisotopic (exact) mass is 216 g/mol. The van der Waals surface area contributed by atoms with Gasteiger partial charge in [-0.15, -0.1) is 0 Å². The summed E-state index contributed by atoms with van der Waals surface area (Å²) in [5.74, 6) is 1.52. The fourth-order valence-electron chi connectivity index (χ4n) is 1.82. The Morgan fingerprint density at radius 1 is 1.62 bits per heavy atom. The molecule has 1 saturated carbocycles.